The highest BCUT2D eigenvalue weighted by Crippen LogP contribution is 2.25. The SMILES string of the molecule is Cc1cc(Oc2nc(Cl)nc(OC(C)C)n2)ccc1Br. The Morgan fingerprint density at radius 2 is 1.85 bits per heavy atom. The third-order valence-corrected chi connectivity index (χ3v) is 3.31. The highest BCUT2D eigenvalue weighted by atomic mass is 79.9. The Hall–Kier alpha value is -1.40. The van der Waals surface area contributed by atoms with Gasteiger partial charge in [0.15, 0.2) is 0 Å². The molecular weight excluding hydrogens is 346 g/mol. The second kappa shape index (κ2) is 6.37. The van der Waals surface area contributed by atoms with Crippen molar-refractivity contribution >= 4 is 27.5 Å². The van der Waals surface area contributed by atoms with Gasteiger partial charge in [-0.15, -0.1) is 4.98 Å². The number of benzene rings is 1. The molecule has 1 aromatic carbocycles. The molecule has 5 nitrogen and oxygen atoms in total. The third-order valence-electron chi connectivity index (χ3n) is 2.25. The highest BCUT2D eigenvalue weighted by Gasteiger charge is 2.10. The van der Waals surface area contributed by atoms with Crippen LogP contribution in [0, 0.1) is 6.92 Å². The summed E-state index contributed by atoms with van der Waals surface area (Å²) in [6, 6.07) is 5.80. The van der Waals surface area contributed by atoms with Crippen LogP contribution < -0.4 is 9.47 Å². The Balaban J connectivity index is 2.24. The molecule has 0 saturated heterocycles. The Bertz CT molecular complexity index is 623. The number of aryl methyl sites for hydroxylation is 1. The number of ether oxygens (including phenoxy) is 2. The summed E-state index contributed by atoms with van der Waals surface area (Å²) in [7, 11) is 0. The fraction of sp³-hybridized carbons (Fsp3) is 0.308. The second-order valence-electron chi connectivity index (χ2n) is 4.35. The van der Waals surface area contributed by atoms with E-state index < -0.39 is 0 Å². The van der Waals surface area contributed by atoms with Gasteiger partial charge in [0, 0.05) is 4.47 Å². The number of hydrogen-bond donors (Lipinski definition) is 0. The van der Waals surface area contributed by atoms with E-state index in [1.165, 1.54) is 0 Å². The van der Waals surface area contributed by atoms with E-state index in [4.69, 9.17) is 21.1 Å². The van der Waals surface area contributed by atoms with E-state index in [1.54, 1.807) is 6.07 Å². The minimum Gasteiger partial charge on any atom is -0.461 e. The molecule has 0 N–H and O–H groups in total. The summed E-state index contributed by atoms with van der Waals surface area (Å²) in [5, 5.41) is 0.0273. The van der Waals surface area contributed by atoms with E-state index in [0.717, 1.165) is 10.0 Å². The Morgan fingerprint density at radius 3 is 2.50 bits per heavy atom. The van der Waals surface area contributed by atoms with Crippen molar-refractivity contribution < 1.29 is 9.47 Å². The molecule has 20 heavy (non-hydrogen) atoms. The zero-order chi connectivity index (χ0) is 14.7. The van der Waals surface area contributed by atoms with E-state index in [2.05, 4.69) is 30.9 Å². The van der Waals surface area contributed by atoms with Crippen molar-refractivity contribution in [3.8, 4) is 17.8 Å². The van der Waals surface area contributed by atoms with Gasteiger partial charge in [-0.1, -0.05) is 15.9 Å². The minimum atomic E-state index is -0.0590. The van der Waals surface area contributed by atoms with Gasteiger partial charge in [-0.05, 0) is 56.1 Å². The van der Waals surface area contributed by atoms with Gasteiger partial charge in [0.2, 0.25) is 5.28 Å². The molecule has 0 spiro atoms. The molecule has 0 aliphatic rings. The predicted molar refractivity (Wildman–Crippen MR) is 79.6 cm³/mol. The van der Waals surface area contributed by atoms with E-state index in [-0.39, 0.29) is 23.4 Å². The number of rotatable bonds is 4. The lowest BCUT2D eigenvalue weighted by molar-refractivity contribution is 0.218. The average molecular weight is 359 g/mol. The van der Waals surface area contributed by atoms with Crippen LogP contribution >= 0.6 is 27.5 Å². The minimum absolute atomic E-state index is 0.0273. The smallest absolute Gasteiger partial charge is 0.329 e. The Labute approximate surface area is 130 Å². The van der Waals surface area contributed by atoms with Crippen LogP contribution in [0.3, 0.4) is 0 Å². The van der Waals surface area contributed by atoms with Crippen LogP contribution in [0.1, 0.15) is 19.4 Å². The zero-order valence-corrected chi connectivity index (χ0v) is 13.6. The van der Waals surface area contributed by atoms with Gasteiger partial charge >= 0.3 is 12.0 Å². The maximum absolute atomic E-state index is 5.83. The predicted octanol–water partition coefficient (Wildman–Crippen LogP) is 4.18. The third kappa shape index (κ3) is 4.05. The van der Waals surface area contributed by atoms with Gasteiger partial charge in [0.05, 0.1) is 6.10 Å². The molecule has 1 heterocycles. The number of halogens is 2. The first kappa shape index (κ1) is 15.0. The van der Waals surface area contributed by atoms with Gasteiger partial charge in [-0.25, -0.2) is 0 Å². The average Bonchev–Trinajstić information content (AvgIpc) is 2.32. The van der Waals surface area contributed by atoms with Crippen LogP contribution in [0.4, 0.5) is 0 Å². The van der Waals surface area contributed by atoms with Crippen molar-refractivity contribution in [1.82, 2.24) is 15.0 Å². The van der Waals surface area contributed by atoms with Crippen LogP contribution in [0.5, 0.6) is 17.8 Å². The molecule has 0 aliphatic heterocycles. The summed E-state index contributed by atoms with van der Waals surface area (Å²) in [6.45, 7) is 5.71. The van der Waals surface area contributed by atoms with Gasteiger partial charge < -0.3 is 9.47 Å². The molecule has 0 radical (unpaired) electrons. The highest BCUT2D eigenvalue weighted by molar-refractivity contribution is 9.10. The molecule has 2 aromatic rings. The number of aromatic nitrogens is 3. The molecule has 0 bridgehead atoms. The van der Waals surface area contributed by atoms with Crippen LogP contribution in [-0.4, -0.2) is 21.1 Å². The van der Waals surface area contributed by atoms with Crippen LogP contribution in [0.2, 0.25) is 5.28 Å². The lowest BCUT2D eigenvalue weighted by atomic mass is 10.2. The van der Waals surface area contributed by atoms with E-state index in [9.17, 15) is 0 Å². The van der Waals surface area contributed by atoms with E-state index in [1.807, 2.05) is 32.9 Å². The van der Waals surface area contributed by atoms with Crippen molar-refractivity contribution in [3.05, 3.63) is 33.5 Å². The maximum atomic E-state index is 5.83. The molecule has 0 amide bonds. The van der Waals surface area contributed by atoms with Crippen molar-refractivity contribution in [3.63, 3.8) is 0 Å². The quantitative estimate of drug-likeness (QED) is 0.821. The molecule has 7 heteroatoms. The van der Waals surface area contributed by atoms with Gasteiger partial charge in [0.25, 0.3) is 0 Å². The molecule has 0 saturated carbocycles. The summed E-state index contributed by atoms with van der Waals surface area (Å²) < 4.78 is 12.0. The molecular formula is C13H13BrClN3O2. The first-order chi connectivity index (χ1) is 9.44. The number of nitrogens with zero attached hydrogens (tertiary/aromatic N) is 3. The van der Waals surface area contributed by atoms with Crippen molar-refractivity contribution in [2.24, 2.45) is 0 Å². The van der Waals surface area contributed by atoms with Gasteiger partial charge in [-0.3, -0.25) is 0 Å². The normalized spacial score (nSPS) is 10.7. The monoisotopic (exact) mass is 357 g/mol. The standard InChI is InChI=1S/C13H13BrClN3O2/c1-7(2)19-12-16-11(15)17-13(18-12)20-9-4-5-10(14)8(3)6-9/h4-7H,1-3H3. The summed E-state index contributed by atoms with van der Waals surface area (Å²) in [4.78, 5) is 11.9. The molecule has 0 atom stereocenters. The summed E-state index contributed by atoms with van der Waals surface area (Å²) in [6.07, 6.45) is -0.0590. The zero-order valence-electron chi connectivity index (χ0n) is 11.2. The lowest BCUT2D eigenvalue weighted by Crippen LogP contribution is -2.09. The van der Waals surface area contributed by atoms with Gasteiger partial charge in [-0.2, -0.15) is 9.97 Å². The molecule has 106 valence electrons. The Morgan fingerprint density at radius 1 is 1.15 bits per heavy atom. The number of hydrogen-bond acceptors (Lipinski definition) is 5. The molecule has 1 aromatic heterocycles. The molecule has 0 fully saturated rings. The summed E-state index contributed by atoms with van der Waals surface area (Å²) >= 11 is 9.25. The fourth-order valence-corrected chi connectivity index (χ4v) is 1.80. The van der Waals surface area contributed by atoms with Crippen molar-refractivity contribution in [2.75, 3.05) is 0 Å². The largest absolute Gasteiger partial charge is 0.461 e. The summed E-state index contributed by atoms with van der Waals surface area (Å²) in [5.74, 6) is 0.614. The second-order valence-corrected chi connectivity index (χ2v) is 5.54. The lowest BCUT2D eigenvalue weighted by Gasteiger charge is -2.09. The Kier molecular flexibility index (Phi) is 4.77. The van der Waals surface area contributed by atoms with E-state index >= 15 is 0 Å². The van der Waals surface area contributed by atoms with Crippen molar-refractivity contribution in [2.45, 2.75) is 26.9 Å². The molecule has 2 rings (SSSR count). The fourth-order valence-electron chi connectivity index (χ4n) is 1.41. The van der Waals surface area contributed by atoms with Crippen LogP contribution in [-0.2, 0) is 0 Å². The van der Waals surface area contributed by atoms with Crippen molar-refractivity contribution in [1.29, 1.82) is 0 Å². The maximum Gasteiger partial charge on any atom is 0.329 e. The molecule has 0 aliphatic carbocycles. The van der Waals surface area contributed by atoms with E-state index in [0.29, 0.717) is 5.75 Å². The summed E-state index contributed by atoms with van der Waals surface area (Å²) in [5.41, 5.74) is 1.04. The topological polar surface area (TPSA) is 57.1 Å². The van der Waals surface area contributed by atoms with Crippen LogP contribution in [0.15, 0.2) is 22.7 Å². The first-order valence-corrected chi connectivity index (χ1v) is 7.13. The first-order valence-electron chi connectivity index (χ1n) is 5.96. The molecule has 0 unspecified atom stereocenters. The van der Waals surface area contributed by atoms with Gasteiger partial charge in [0.1, 0.15) is 5.75 Å². The van der Waals surface area contributed by atoms with Crippen LogP contribution in [0.25, 0.3) is 0 Å².